The van der Waals surface area contributed by atoms with Crippen molar-refractivity contribution >= 4 is 22.9 Å². The minimum atomic E-state index is 0.0789. The van der Waals surface area contributed by atoms with Crippen molar-refractivity contribution in [3.8, 4) is 5.75 Å². The molecule has 3 rings (SSSR count). The molecule has 2 aromatic rings. The predicted octanol–water partition coefficient (Wildman–Crippen LogP) is 1.04. The van der Waals surface area contributed by atoms with Gasteiger partial charge in [-0.3, -0.25) is 4.79 Å². The molecule has 1 aliphatic rings. The lowest BCUT2D eigenvalue weighted by Gasteiger charge is -2.33. The molecule has 1 aromatic heterocycles. The number of anilines is 1. The number of carbonyl (C=O) groups is 1. The molecular formula is C18H24N3O2S+. The lowest BCUT2D eigenvalue weighted by molar-refractivity contribution is -0.892. The largest absolute Gasteiger partial charge is 0.508 e. The van der Waals surface area contributed by atoms with Crippen molar-refractivity contribution in [3.05, 3.63) is 46.7 Å². The van der Waals surface area contributed by atoms with Crippen molar-refractivity contribution in [1.29, 1.82) is 0 Å². The summed E-state index contributed by atoms with van der Waals surface area (Å²) < 4.78 is 0. The van der Waals surface area contributed by atoms with Gasteiger partial charge in [-0.05, 0) is 42.6 Å². The van der Waals surface area contributed by atoms with Crippen LogP contribution in [0.4, 0.5) is 5.69 Å². The van der Waals surface area contributed by atoms with Gasteiger partial charge < -0.3 is 20.2 Å². The van der Waals surface area contributed by atoms with Crippen molar-refractivity contribution in [1.82, 2.24) is 5.32 Å². The average molecular weight is 346 g/mol. The van der Waals surface area contributed by atoms with E-state index in [1.165, 1.54) is 9.78 Å². The zero-order valence-electron chi connectivity index (χ0n) is 13.9. The van der Waals surface area contributed by atoms with Crippen molar-refractivity contribution in [2.24, 2.45) is 0 Å². The maximum Gasteiger partial charge on any atom is 0.275 e. The van der Waals surface area contributed by atoms with E-state index in [0.29, 0.717) is 12.3 Å². The molecule has 0 aliphatic carbocycles. The fraction of sp³-hybridized carbons (Fsp3) is 0.389. The van der Waals surface area contributed by atoms with Crippen molar-refractivity contribution in [2.45, 2.75) is 13.0 Å². The monoisotopic (exact) mass is 346 g/mol. The number of phenolic OH excluding ortho intramolecular Hbond substituents is 1. The van der Waals surface area contributed by atoms with Gasteiger partial charge in [0.2, 0.25) is 0 Å². The second kappa shape index (κ2) is 7.68. The van der Waals surface area contributed by atoms with E-state index in [-0.39, 0.29) is 11.9 Å². The van der Waals surface area contributed by atoms with Gasteiger partial charge in [-0.1, -0.05) is 6.07 Å². The number of hydrogen-bond acceptors (Lipinski definition) is 4. The molecule has 0 saturated carbocycles. The first kappa shape index (κ1) is 16.8. The molecule has 1 aromatic carbocycles. The van der Waals surface area contributed by atoms with Gasteiger partial charge >= 0.3 is 0 Å². The fourth-order valence-electron chi connectivity index (χ4n) is 3.05. The van der Waals surface area contributed by atoms with Crippen LogP contribution in [0.1, 0.15) is 17.8 Å². The zero-order chi connectivity index (χ0) is 16.9. The van der Waals surface area contributed by atoms with Crippen molar-refractivity contribution in [2.75, 3.05) is 37.6 Å². The Morgan fingerprint density at radius 3 is 2.62 bits per heavy atom. The molecule has 3 N–H and O–H groups in total. The molecular weight excluding hydrogens is 322 g/mol. The van der Waals surface area contributed by atoms with Crippen LogP contribution in [0.25, 0.3) is 0 Å². The Balaban J connectivity index is 1.45. The Labute approximate surface area is 146 Å². The summed E-state index contributed by atoms with van der Waals surface area (Å²) in [6.07, 6.45) is 0. The van der Waals surface area contributed by atoms with Crippen LogP contribution in [0, 0.1) is 0 Å². The lowest BCUT2D eigenvalue weighted by Crippen LogP contribution is -3.15. The molecule has 0 bridgehead atoms. The van der Waals surface area contributed by atoms with E-state index in [1.54, 1.807) is 23.5 Å². The number of hydrogen-bond donors (Lipinski definition) is 3. The molecule has 5 nitrogen and oxygen atoms in total. The van der Waals surface area contributed by atoms with E-state index in [4.69, 9.17) is 0 Å². The van der Waals surface area contributed by atoms with Crippen LogP contribution < -0.4 is 15.1 Å². The maximum atomic E-state index is 12.2. The highest BCUT2D eigenvalue weighted by atomic mass is 32.1. The van der Waals surface area contributed by atoms with Crippen LogP contribution in [0.15, 0.2) is 41.8 Å². The summed E-state index contributed by atoms with van der Waals surface area (Å²) in [5.74, 6) is 0.406. The van der Waals surface area contributed by atoms with Crippen LogP contribution in [0.5, 0.6) is 5.75 Å². The van der Waals surface area contributed by atoms with Crippen LogP contribution in [0.3, 0.4) is 0 Å². The first-order valence-corrected chi connectivity index (χ1v) is 9.20. The number of piperazine rings is 1. The smallest absolute Gasteiger partial charge is 0.275 e. The quantitative estimate of drug-likeness (QED) is 0.758. The molecule has 128 valence electrons. The molecule has 0 radical (unpaired) electrons. The number of quaternary nitrogens is 1. The number of nitrogens with one attached hydrogen (secondary N) is 2. The van der Waals surface area contributed by atoms with E-state index in [2.05, 4.69) is 16.3 Å². The highest BCUT2D eigenvalue weighted by Gasteiger charge is 2.23. The van der Waals surface area contributed by atoms with E-state index in [9.17, 15) is 9.90 Å². The summed E-state index contributed by atoms with van der Waals surface area (Å²) in [5.41, 5.74) is 1.13. The summed E-state index contributed by atoms with van der Waals surface area (Å²) in [7, 11) is 0. The molecule has 1 saturated heterocycles. The number of carbonyl (C=O) groups excluding carboxylic acids is 1. The van der Waals surface area contributed by atoms with E-state index in [0.717, 1.165) is 31.9 Å². The summed E-state index contributed by atoms with van der Waals surface area (Å²) in [4.78, 5) is 17.0. The molecule has 1 fully saturated rings. The van der Waals surface area contributed by atoms with Crippen molar-refractivity contribution < 1.29 is 14.8 Å². The van der Waals surface area contributed by atoms with Crippen LogP contribution in [0.2, 0.25) is 0 Å². The summed E-state index contributed by atoms with van der Waals surface area (Å²) in [5, 5.41) is 14.5. The zero-order valence-corrected chi connectivity index (χ0v) is 14.7. The molecule has 24 heavy (non-hydrogen) atoms. The van der Waals surface area contributed by atoms with Crippen LogP contribution >= 0.6 is 11.3 Å². The third-order valence-electron chi connectivity index (χ3n) is 4.44. The van der Waals surface area contributed by atoms with E-state index < -0.39 is 0 Å². The number of phenols is 1. The van der Waals surface area contributed by atoms with Gasteiger partial charge in [-0.2, -0.15) is 0 Å². The summed E-state index contributed by atoms with van der Waals surface area (Å²) in [6, 6.07) is 11.5. The highest BCUT2D eigenvalue weighted by molar-refractivity contribution is 7.10. The number of rotatable bonds is 5. The molecule has 0 spiro atoms. The number of amides is 1. The number of nitrogens with zero attached hydrogens (tertiary/aromatic N) is 1. The standard InChI is InChI=1S/C18H23N3O2S/c1-14(17-3-2-12-24-17)19-18(23)13-20-8-10-21(11-9-20)15-4-6-16(22)7-5-15/h2-7,12,14,22H,8-11,13H2,1H3,(H,19,23)/p+1/t14-/m1/s1. The Morgan fingerprint density at radius 1 is 1.29 bits per heavy atom. The Morgan fingerprint density at radius 2 is 2.00 bits per heavy atom. The third kappa shape index (κ3) is 4.27. The fourth-order valence-corrected chi connectivity index (χ4v) is 3.78. The first-order chi connectivity index (χ1) is 11.6. The van der Waals surface area contributed by atoms with Crippen molar-refractivity contribution in [3.63, 3.8) is 0 Å². The Hall–Kier alpha value is -2.05. The lowest BCUT2D eigenvalue weighted by atomic mass is 10.2. The molecule has 2 heterocycles. The van der Waals surface area contributed by atoms with Crippen LogP contribution in [-0.2, 0) is 4.79 Å². The second-order valence-electron chi connectivity index (χ2n) is 6.23. The second-order valence-corrected chi connectivity index (χ2v) is 7.21. The Bertz CT molecular complexity index is 649. The van der Waals surface area contributed by atoms with Gasteiger partial charge in [0.25, 0.3) is 5.91 Å². The normalized spacial score (nSPS) is 16.8. The van der Waals surface area contributed by atoms with Gasteiger partial charge in [0, 0.05) is 10.6 Å². The highest BCUT2D eigenvalue weighted by Crippen LogP contribution is 2.18. The average Bonchev–Trinajstić information content (AvgIpc) is 3.11. The van der Waals surface area contributed by atoms with Gasteiger partial charge in [0.05, 0.1) is 32.2 Å². The topological polar surface area (TPSA) is 57.0 Å². The first-order valence-electron chi connectivity index (χ1n) is 8.32. The molecule has 1 atom stereocenters. The maximum absolute atomic E-state index is 12.2. The number of benzene rings is 1. The van der Waals surface area contributed by atoms with Gasteiger partial charge in [0.1, 0.15) is 5.75 Å². The predicted molar refractivity (Wildman–Crippen MR) is 96.8 cm³/mol. The SMILES string of the molecule is C[C@@H](NC(=O)C[NH+]1CCN(c2ccc(O)cc2)CC1)c1cccs1. The minimum absolute atomic E-state index is 0.0789. The number of aromatic hydroxyl groups is 1. The van der Waals surface area contributed by atoms with Gasteiger partial charge in [-0.15, -0.1) is 11.3 Å². The minimum Gasteiger partial charge on any atom is -0.508 e. The molecule has 1 aliphatic heterocycles. The number of thiophene rings is 1. The molecule has 6 heteroatoms. The van der Waals surface area contributed by atoms with Crippen LogP contribution in [-0.4, -0.2) is 43.7 Å². The van der Waals surface area contributed by atoms with Gasteiger partial charge in [0.15, 0.2) is 6.54 Å². The molecule has 0 unspecified atom stereocenters. The van der Waals surface area contributed by atoms with E-state index in [1.807, 2.05) is 30.5 Å². The summed E-state index contributed by atoms with van der Waals surface area (Å²) >= 11 is 1.67. The van der Waals surface area contributed by atoms with E-state index >= 15 is 0 Å². The summed E-state index contributed by atoms with van der Waals surface area (Å²) in [6.45, 7) is 6.30. The van der Waals surface area contributed by atoms with Gasteiger partial charge in [-0.25, -0.2) is 0 Å². The third-order valence-corrected chi connectivity index (χ3v) is 5.50. The molecule has 1 amide bonds. The Kier molecular flexibility index (Phi) is 5.37.